The number of primary amides is 1. The van der Waals surface area contributed by atoms with Crippen LogP contribution in [0.3, 0.4) is 0 Å². The minimum atomic E-state index is -0.311. The average molecular weight is 291 g/mol. The Morgan fingerprint density at radius 2 is 1.90 bits per heavy atom. The van der Waals surface area contributed by atoms with Crippen LogP contribution >= 0.6 is 0 Å². The summed E-state index contributed by atoms with van der Waals surface area (Å²) in [6, 6.07) is 9.39. The highest BCUT2D eigenvalue weighted by atomic mass is 16.5. The van der Waals surface area contributed by atoms with Gasteiger partial charge in [0.05, 0.1) is 6.54 Å². The topological polar surface area (TPSA) is 84.7 Å². The summed E-state index contributed by atoms with van der Waals surface area (Å²) in [5.74, 6) is 0.255. The summed E-state index contributed by atoms with van der Waals surface area (Å²) in [5.41, 5.74) is 5.17. The van der Waals surface area contributed by atoms with Gasteiger partial charge in [0.2, 0.25) is 5.91 Å². The van der Waals surface area contributed by atoms with Crippen LogP contribution in [0.5, 0.6) is 5.75 Å². The van der Waals surface area contributed by atoms with Gasteiger partial charge in [0.15, 0.2) is 6.61 Å². The average Bonchev–Trinajstić information content (AvgIpc) is 2.48. The van der Waals surface area contributed by atoms with Crippen LogP contribution in [0.4, 0.5) is 0 Å². The first-order chi connectivity index (χ1) is 10.1. The fourth-order valence-corrected chi connectivity index (χ4v) is 2.39. The molecule has 0 spiro atoms. The zero-order chi connectivity index (χ0) is 15.1. The number of ether oxygens (including phenoxy) is 1. The summed E-state index contributed by atoms with van der Waals surface area (Å²) in [7, 11) is 0. The fraction of sp³-hybridized carbons (Fsp3) is 0.467. The van der Waals surface area contributed by atoms with Gasteiger partial charge in [-0.1, -0.05) is 18.2 Å². The minimum absolute atomic E-state index is 0.0194. The molecule has 0 atom stereocenters. The van der Waals surface area contributed by atoms with Gasteiger partial charge in [-0.05, 0) is 25.0 Å². The van der Waals surface area contributed by atoms with Gasteiger partial charge in [-0.15, -0.1) is 0 Å². The number of piperidine rings is 1. The predicted molar refractivity (Wildman–Crippen MR) is 78.7 cm³/mol. The van der Waals surface area contributed by atoms with Crippen molar-refractivity contribution < 1.29 is 14.3 Å². The van der Waals surface area contributed by atoms with Gasteiger partial charge in [-0.25, -0.2) is 0 Å². The standard InChI is InChI=1S/C15H21N3O3/c16-14(19)10-18-8-6-12(7-9-18)17-15(20)11-21-13-4-2-1-3-5-13/h1-5,12H,6-11H2,(H2,16,19)(H,17,20). The van der Waals surface area contributed by atoms with E-state index in [1.165, 1.54) is 0 Å². The van der Waals surface area contributed by atoms with Gasteiger partial charge in [0, 0.05) is 19.1 Å². The second kappa shape index (κ2) is 7.64. The third kappa shape index (κ3) is 5.43. The third-order valence-electron chi connectivity index (χ3n) is 3.45. The molecule has 114 valence electrons. The summed E-state index contributed by atoms with van der Waals surface area (Å²) in [5, 5.41) is 2.96. The number of para-hydroxylation sites is 1. The normalized spacial score (nSPS) is 16.4. The number of rotatable bonds is 6. The Balaban J connectivity index is 1.66. The smallest absolute Gasteiger partial charge is 0.258 e. The minimum Gasteiger partial charge on any atom is -0.484 e. The maximum atomic E-state index is 11.8. The van der Waals surface area contributed by atoms with Crippen LogP contribution in [-0.4, -0.2) is 49.0 Å². The van der Waals surface area contributed by atoms with E-state index in [-0.39, 0.29) is 31.0 Å². The van der Waals surface area contributed by atoms with Crippen molar-refractivity contribution in [1.82, 2.24) is 10.2 Å². The van der Waals surface area contributed by atoms with Crippen molar-refractivity contribution in [2.75, 3.05) is 26.2 Å². The lowest BCUT2D eigenvalue weighted by atomic mass is 10.1. The lowest BCUT2D eigenvalue weighted by Gasteiger charge is -2.31. The van der Waals surface area contributed by atoms with E-state index >= 15 is 0 Å². The van der Waals surface area contributed by atoms with Crippen LogP contribution in [0.25, 0.3) is 0 Å². The van der Waals surface area contributed by atoms with Crippen LogP contribution in [0, 0.1) is 0 Å². The molecule has 1 fully saturated rings. The van der Waals surface area contributed by atoms with E-state index in [1.54, 1.807) is 0 Å². The number of nitrogens with one attached hydrogen (secondary N) is 1. The number of carbonyl (C=O) groups excluding carboxylic acids is 2. The summed E-state index contributed by atoms with van der Waals surface area (Å²) in [6.45, 7) is 1.85. The number of nitrogens with two attached hydrogens (primary N) is 1. The Kier molecular flexibility index (Phi) is 5.57. The fourth-order valence-electron chi connectivity index (χ4n) is 2.39. The molecule has 1 aromatic rings. The van der Waals surface area contributed by atoms with E-state index < -0.39 is 0 Å². The molecule has 3 N–H and O–H groups in total. The molecule has 0 unspecified atom stereocenters. The zero-order valence-corrected chi connectivity index (χ0v) is 12.0. The zero-order valence-electron chi connectivity index (χ0n) is 12.0. The molecule has 0 radical (unpaired) electrons. The van der Waals surface area contributed by atoms with Crippen molar-refractivity contribution in [2.24, 2.45) is 5.73 Å². The molecule has 0 saturated carbocycles. The molecule has 2 amide bonds. The van der Waals surface area contributed by atoms with Crippen molar-refractivity contribution >= 4 is 11.8 Å². The van der Waals surface area contributed by atoms with Crippen LogP contribution < -0.4 is 15.8 Å². The van der Waals surface area contributed by atoms with Crippen LogP contribution in [0.2, 0.25) is 0 Å². The second-order valence-corrected chi connectivity index (χ2v) is 5.19. The van der Waals surface area contributed by atoms with E-state index in [9.17, 15) is 9.59 Å². The maximum Gasteiger partial charge on any atom is 0.258 e. The van der Waals surface area contributed by atoms with Gasteiger partial charge in [-0.3, -0.25) is 14.5 Å². The molecule has 6 nitrogen and oxygen atoms in total. The summed E-state index contributed by atoms with van der Waals surface area (Å²) in [6.07, 6.45) is 1.65. The van der Waals surface area contributed by atoms with E-state index in [0.717, 1.165) is 25.9 Å². The van der Waals surface area contributed by atoms with E-state index in [2.05, 4.69) is 5.32 Å². The number of likely N-dealkylation sites (tertiary alicyclic amines) is 1. The van der Waals surface area contributed by atoms with Gasteiger partial charge in [0.25, 0.3) is 5.91 Å². The summed E-state index contributed by atoms with van der Waals surface area (Å²) < 4.78 is 5.40. The summed E-state index contributed by atoms with van der Waals surface area (Å²) in [4.78, 5) is 24.7. The summed E-state index contributed by atoms with van der Waals surface area (Å²) >= 11 is 0. The molecule has 0 aromatic heterocycles. The largest absolute Gasteiger partial charge is 0.484 e. The number of hydrogen-bond donors (Lipinski definition) is 2. The van der Waals surface area contributed by atoms with Crippen LogP contribution in [0.1, 0.15) is 12.8 Å². The number of benzene rings is 1. The first-order valence-electron chi connectivity index (χ1n) is 7.11. The monoisotopic (exact) mass is 291 g/mol. The van der Waals surface area contributed by atoms with Crippen molar-refractivity contribution in [3.63, 3.8) is 0 Å². The molecule has 1 aromatic carbocycles. The lowest BCUT2D eigenvalue weighted by Crippen LogP contribution is -2.47. The molecule has 1 heterocycles. The van der Waals surface area contributed by atoms with Crippen molar-refractivity contribution in [2.45, 2.75) is 18.9 Å². The molecular formula is C15H21N3O3. The number of nitrogens with zero attached hydrogens (tertiary/aromatic N) is 1. The number of hydrogen-bond acceptors (Lipinski definition) is 4. The number of carbonyl (C=O) groups is 2. The molecule has 0 aliphatic carbocycles. The van der Waals surface area contributed by atoms with E-state index in [1.807, 2.05) is 35.2 Å². The van der Waals surface area contributed by atoms with Gasteiger partial charge in [-0.2, -0.15) is 0 Å². The molecule has 2 rings (SSSR count). The van der Waals surface area contributed by atoms with Crippen molar-refractivity contribution in [1.29, 1.82) is 0 Å². The highest BCUT2D eigenvalue weighted by Crippen LogP contribution is 2.10. The Morgan fingerprint density at radius 3 is 2.52 bits per heavy atom. The Morgan fingerprint density at radius 1 is 1.24 bits per heavy atom. The second-order valence-electron chi connectivity index (χ2n) is 5.19. The van der Waals surface area contributed by atoms with Gasteiger partial charge < -0.3 is 15.8 Å². The molecule has 1 aliphatic heterocycles. The SMILES string of the molecule is NC(=O)CN1CCC(NC(=O)COc2ccccc2)CC1. The van der Waals surface area contributed by atoms with Gasteiger partial charge >= 0.3 is 0 Å². The Labute approximate surface area is 124 Å². The quantitative estimate of drug-likeness (QED) is 0.780. The Hall–Kier alpha value is -2.08. The lowest BCUT2D eigenvalue weighted by molar-refractivity contribution is -0.124. The molecule has 0 bridgehead atoms. The van der Waals surface area contributed by atoms with Crippen LogP contribution in [0.15, 0.2) is 30.3 Å². The number of amides is 2. The van der Waals surface area contributed by atoms with Crippen molar-refractivity contribution in [3.05, 3.63) is 30.3 Å². The molecule has 21 heavy (non-hydrogen) atoms. The molecule has 6 heteroatoms. The Bertz CT molecular complexity index is 470. The van der Waals surface area contributed by atoms with Crippen LogP contribution in [-0.2, 0) is 9.59 Å². The maximum absolute atomic E-state index is 11.8. The van der Waals surface area contributed by atoms with Crippen molar-refractivity contribution in [3.8, 4) is 5.75 Å². The highest BCUT2D eigenvalue weighted by Gasteiger charge is 2.21. The molecule has 1 saturated heterocycles. The van der Waals surface area contributed by atoms with E-state index in [0.29, 0.717) is 5.75 Å². The van der Waals surface area contributed by atoms with Gasteiger partial charge in [0.1, 0.15) is 5.75 Å². The molecule has 1 aliphatic rings. The third-order valence-corrected chi connectivity index (χ3v) is 3.45. The highest BCUT2D eigenvalue weighted by molar-refractivity contribution is 5.78. The molecular weight excluding hydrogens is 270 g/mol. The first-order valence-corrected chi connectivity index (χ1v) is 7.11. The predicted octanol–water partition coefficient (Wildman–Crippen LogP) is 0.131. The van der Waals surface area contributed by atoms with E-state index in [4.69, 9.17) is 10.5 Å². The first kappa shape index (κ1) is 15.3.